The number of hydrogen-bond donors (Lipinski definition) is 0. The van der Waals surface area contributed by atoms with Crippen LogP contribution in [0.25, 0.3) is 0 Å². The molecule has 0 amide bonds. The summed E-state index contributed by atoms with van der Waals surface area (Å²) in [5.74, 6) is 0.817. The molecule has 26 heavy (non-hydrogen) atoms. The maximum absolute atomic E-state index is 12.3. The third kappa shape index (κ3) is 5.42. The van der Waals surface area contributed by atoms with Crippen LogP contribution in [0.3, 0.4) is 0 Å². The maximum atomic E-state index is 12.3. The van der Waals surface area contributed by atoms with Crippen molar-refractivity contribution in [3.05, 3.63) is 72.3 Å². The third-order valence-corrected chi connectivity index (χ3v) is 5.68. The molecule has 0 aromatic heterocycles. The van der Waals surface area contributed by atoms with Crippen LogP contribution in [-0.4, -0.2) is 45.4 Å². The molecule has 0 saturated heterocycles. The Morgan fingerprint density at radius 3 is 2.27 bits per heavy atom. The van der Waals surface area contributed by atoms with Crippen LogP contribution in [0.5, 0.6) is 5.75 Å². The van der Waals surface area contributed by atoms with Crippen LogP contribution in [0.1, 0.15) is 11.1 Å². The van der Waals surface area contributed by atoms with Gasteiger partial charge in [0.2, 0.25) is 10.0 Å². The summed E-state index contributed by atoms with van der Waals surface area (Å²) in [4.78, 5) is 2.46. The molecule has 2 rings (SSSR count). The quantitative estimate of drug-likeness (QED) is 0.633. The van der Waals surface area contributed by atoms with E-state index < -0.39 is 10.0 Å². The van der Waals surface area contributed by atoms with Gasteiger partial charge in [-0.1, -0.05) is 36.9 Å². The minimum atomic E-state index is -3.41. The fraction of sp³-hybridized carbons (Fsp3) is 0.300. The van der Waals surface area contributed by atoms with Crippen molar-refractivity contribution < 1.29 is 13.2 Å². The normalized spacial score (nSPS) is 11.7. The van der Waals surface area contributed by atoms with E-state index in [1.54, 1.807) is 24.3 Å². The summed E-state index contributed by atoms with van der Waals surface area (Å²) in [6.07, 6.45) is 1.71. The second kappa shape index (κ2) is 8.98. The van der Waals surface area contributed by atoms with Gasteiger partial charge in [-0.15, -0.1) is 0 Å². The molecule has 2 aromatic carbocycles. The van der Waals surface area contributed by atoms with E-state index in [-0.39, 0.29) is 0 Å². The van der Waals surface area contributed by atoms with Crippen LogP contribution in [0.4, 0.5) is 0 Å². The van der Waals surface area contributed by atoms with E-state index in [1.807, 2.05) is 37.4 Å². The van der Waals surface area contributed by atoms with Gasteiger partial charge >= 0.3 is 0 Å². The first-order valence-corrected chi connectivity index (χ1v) is 9.79. The van der Waals surface area contributed by atoms with Gasteiger partial charge in [-0.05, 0) is 42.4 Å². The van der Waals surface area contributed by atoms with Crippen LogP contribution in [0.15, 0.2) is 66.1 Å². The van der Waals surface area contributed by atoms with Crippen LogP contribution >= 0.6 is 0 Å². The van der Waals surface area contributed by atoms with Crippen molar-refractivity contribution >= 4 is 10.0 Å². The predicted molar refractivity (Wildman–Crippen MR) is 105 cm³/mol. The first-order chi connectivity index (χ1) is 12.3. The summed E-state index contributed by atoms with van der Waals surface area (Å²) >= 11 is 0. The van der Waals surface area contributed by atoms with Gasteiger partial charge in [-0.3, -0.25) is 4.90 Å². The molecule has 0 aliphatic heterocycles. The summed E-state index contributed by atoms with van der Waals surface area (Å²) in [5, 5.41) is 0. The summed E-state index contributed by atoms with van der Waals surface area (Å²) in [7, 11) is 1.67. The Morgan fingerprint density at radius 1 is 1.00 bits per heavy atom. The highest BCUT2D eigenvalue weighted by Gasteiger charge is 2.17. The van der Waals surface area contributed by atoms with Crippen molar-refractivity contribution in [3.63, 3.8) is 0 Å². The monoisotopic (exact) mass is 374 g/mol. The summed E-state index contributed by atoms with van der Waals surface area (Å²) in [6.45, 7) is 5.54. The molecule has 0 spiro atoms. The SMILES string of the molecule is C=CCOc1ccc(CN(C)Cc2cccc(S(=O)(=O)N(C)C)c2)cc1. The van der Waals surface area contributed by atoms with Crippen LogP contribution < -0.4 is 4.74 Å². The lowest BCUT2D eigenvalue weighted by atomic mass is 10.2. The minimum absolute atomic E-state index is 0.317. The van der Waals surface area contributed by atoms with E-state index in [4.69, 9.17) is 4.74 Å². The Morgan fingerprint density at radius 2 is 1.65 bits per heavy atom. The summed E-state index contributed by atoms with van der Waals surface area (Å²) in [6, 6.07) is 15.0. The molecule has 2 aromatic rings. The van der Waals surface area contributed by atoms with Gasteiger partial charge in [0.15, 0.2) is 0 Å². The van der Waals surface area contributed by atoms with Gasteiger partial charge in [0, 0.05) is 27.2 Å². The maximum Gasteiger partial charge on any atom is 0.242 e. The molecule has 0 saturated carbocycles. The Hall–Kier alpha value is -2.15. The Bertz CT molecular complexity index is 830. The second-order valence-electron chi connectivity index (χ2n) is 6.35. The van der Waals surface area contributed by atoms with Gasteiger partial charge in [-0.2, -0.15) is 0 Å². The van der Waals surface area contributed by atoms with Crippen LogP contribution in [0, 0.1) is 0 Å². The smallest absolute Gasteiger partial charge is 0.242 e. The number of sulfonamides is 1. The molecule has 0 aliphatic rings. The van der Waals surface area contributed by atoms with Crippen molar-refractivity contribution in [1.82, 2.24) is 9.21 Å². The van der Waals surface area contributed by atoms with Gasteiger partial charge in [0.05, 0.1) is 4.90 Å². The van der Waals surface area contributed by atoms with Gasteiger partial charge in [-0.25, -0.2) is 12.7 Å². The number of benzene rings is 2. The topological polar surface area (TPSA) is 49.9 Å². The molecule has 0 atom stereocenters. The van der Waals surface area contributed by atoms with E-state index in [0.717, 1.165) is 23.4 Å². The molecule has 0 bridgehead atoms. The Kier molecular flexibility index (Phi) is 6.97. The Labute approximate surface area is 156 Å². The summed E-state index contributed by atoms with van der Waals surface area (Å²) < 4.78 is 31.2. The molecule has 0 aliphatic carbocycles. The molecule has 5 nitrogen and oxygen atoms in total. The summed E-state index contributed by atoms with van der Waals surface area (Å²) in [5.41, 5.74) is 2.12. The highest BCUT2D eigenvalue weighted by Crippen LogP contribution is 2.17. The zero-order valence-electron chi connectivity index (χ0n) is 15.6. The Balaban J connectivity index is 2.01. The zero-order valence-corrected chi connectivity index (χ0v) is 16.4. The van der Waals surface area contributed by atoms with Gasteiger partial charge in [0.1, 0.15) is 12.4 Å². The number of nitrogens with zero attached hydrogens (tertiary/aromatic N) is 2. The van der Waals surface area contributed by atoms with Crippen molar-refractivity contribution in [2.24, 2.45) is 0 Å². The van der Waals surface area contributed by atoms with E-state index in [0.29, 0.717) is 18.0 Å². The fourth-order valence-electron chi connectivity index (χ4n) is 2.54. The van der Waals surface area contributed by atoms with E-state index in [2.05, 4.69) is 11.5 Å². The van der Waals surface area contributed by atoms with Crippen LogP contribution in [-0.2, 0) is 23.1 Å². The van der Waals surface area contributed by atoms with Crippen molar-refractivity contribution in [1.29, 1.82) is 0 Å². The lowest BCUT2D eigenvalue weighted by Gasteiger charge is -2.18. The molecular weight excluding hydrogens is 348 g/mol. The van der Waals surface area contributed by atoms with Gasteiger partial charge in [0.25, 0.3) is 0 Å². The molecule has 140 valence electrons. The van der Waals surface area contributed by atoms with Crippen molar-refractivity contribution in [3.8, 4) is 5.75 Å². The van der Waals surface area contributed by atoms with Crippen LogP contribution in [0.2, 0.25) is 0 Å². The van der Waals surface area contributed by atoms with Crippen molar-refractivity contribution in [2.75, 3.05) is 27.7 Å². The predicted octanol–water partition coefficient (Wildman–Crippen LogP) is 3.13. The standard InChI is InChI=1S/C20H26N2O3S/c1-5-13-25-19-11-9-17(10-12-19)15-22(4)16-18-7-6-8-20(14-18)26(23,24)21(2)3/h5-12,14H,1,13,15-16H2,2-4H3. The minimum Gasteiger partial charge on any atom is -0.490 e. The molecule has 0 fully saturated rings. The lowest BCUT2D eigenvalue weighted by molar-refractivity contribution is 0.318. The highest BCUT2D eigenvalue weighted by atomic mass is 32.2. The largest absolute Gasteiger partial charge is 0.490 e. The number of hydrogen-bond acceptors (Lipinski definition) is 4. The first-order valence-electron chi connectivity index (χ1n) is 8.35. The van der Waals surface area contributed by atoms with Gasteiger partial charge < -0.3 is 4.74 Å². The molecule has 0 heterocycles. The number of rotatable bonds is 9. The zero-order chi connectivity index (χ0) is 19.2. The lowest BCUT2D eigenvalue weighted by Crippen LogP contribution is -2.22. The average Bonchev–Trinajstić information content (AvgIpc) is 2.61. The van der Waals surface area contributed by atoms with E-state index in [1.165, 1.54) is 18.4 Å². The number of ether oxygens (including phenoxy) is 1. The first kappa shape index (κ1) is 20.2. The van der Waals surface area contributed by atoms with Crippen molar-refractivity contribution in [2.45, 2.75) is 18.0 Å². The fourth-order valence-corrected chi connectivity index (χ4v) is 3.51. The van der Waals surface area contributed by atoms with E-state index >= 15 is 0 Å². The molecule has 0 N–H and O–H groups in total. The average molecular weight is 375 g/mol. The molecule has 6 heteroatoms. The highest BCUT2D eigenvalue weighted by molar-refractivity contribution is 7.89. The molecular formula is C20H26N2O3S. The second-order valence-corrected chi connectivity index (χ2v) is 8.50. The molecule has 0 unspecified atom stereocenters. The van der Waals surface area contributed by atoms with E-state index in [9.17, 15) is 8.42 Å². The molecule has 0 radical (unpaired) electrons. The third-order valence-electron chi connectivity index (χ3n) is 3.87.